The van der Waals surface area contributed by atoms with Crippen LogP contribution in [0, 0.1) is 0 Å². The Bertz CT molecular complexity index is 240. The first-order valence-corrected chi connectivity index (χ1v) is 10.4. The number of aliphatic hydroxyl groups excluding tert-OH is 4. The Labute approximate surface area is 156 Å². The lowest BCUT2D eigenvalue weighted by Gasteiger charge is -1.99. The summed E-state index contributed by atoms with van der Waals surface area (Å²) in [6.07, 6.45) is 22.2. The Kier molecular flexibility index (Phi) is 27.7. The maximum atomic E-state index is 8.66. The zero-order valence-corrected chi connectivity index (χ0v) is 16.5. The molecule has 0 saturated carbocycles. The average Bonchev–Trinajstić information content (AvgIpc) is 2.64. The first kappa shape index (κ1) is 26.8. The van der Waals surface area contributed by atoms with Crippen molar-refractivity contribution in [2.24, 2.45) is 0 Å². The Hall–Kier alpha value is -0.420. The fraction of sp³-hybridized carbons (Fsp3) is 0.905. The molecule has 4 N–H and O–H groups in total. The van der Waals surface area contributed by atoms with Gasteiger partial charge in [-0.05, 0) is 32.1 Å². The molecule has 0 rings (SSSR count). The van der Waals surface area contributed by atoms with Crippen LogP contribution in [-0.4, -0.2) is 46.4 Å². The van der Waals surface area contributed by atoms with Gasteiger partial charge in [-0.15, -0.1) is 0 Å². The molecular formula is C21H44O4. The molecule has 0 spiro atoms. The van der Waals surface area contributed by atoms with Gasteiger partial charge in [-0.2, -0.15) is 0 Å². The van der Waals surface area contributed by atoms with Crippen molar-refractivity contribution in [1.29, 1.82) is 0 Å². The quantitative estimate of drug-likeness (QED) is 0.230. The smallest absolute Gasteiger partial charge is 0.100 e. The van der Waals surface area contributed by atoms with Gasteiger partial charge in [0.2, 0.25) is 0 Å². The van der Waals surface area contributed by atoms with Gasteiger partial charge in [-0.3, -0.25) is 0 Å². The third-order valence-electron chi connectivity index (χ3n) is 4.09. The van der Waals surface area contributed by atoms with E-state index in [0.29, 0.717) is 6.61 Å². The van der Waals surface area contributed by atoms with Gasteiger partial charge in [-0.1, -0.05) is 76.9 Å². The summed E-state index contributed by atoms with van der Waals surface area (Å²) in [5.41, 5.74) is 0. The molecule has 0 unspecified atom stereocenters. The Morgan fingerprint density at radius 2 is 1.00 bits per heavy atom. The summed E-state index contributed by atoms with van der Waals surface area (Å²) >= 11 is 0. The van der Waals surface area contributed by atoms with Gasteiger partial charge in [0.1, 0.15) is 6.10 Å². The second kappa shape index (κ2) is 25.8. The van der Waals surface area contributed by atoms with Crippen LogP contribution in [0.25, 0.3) is 0 Å². The molecule has 0 aromatic carbocycles. The zero-order chi connectivity index (χ0) is 19.0. The lowest BCUT2D eigenvalue weighted by atomic mass is 10.1. The zero-order valence-electron chi connectivity index (χ0n) is 16.5. The summed E-state index contributed by atoms with van der Waals surface area (Å²) in [5.74, 6) is 0. The standard InChI is InChI=1S/C18H36O.C3H8O3/c1-2-3-4-5-6-7-8-9-10-11-12-13-14-15-16-17-18-19;4-1-3(6)2-5/h9-10,19H,2-8,11-18H2,1H3;3-6H,1-2H2. The van der Waals surface area contributed by atoms with Crippen LogP contribution in [0.3, 0.4) is 0 Å². The summed E-state index contributed by atoms with van der Waals surface area (Å²) in [6, 6.07) is 0. The highest BCUT2D eigenvalue weighted by molar-refractivity contribution is 4.81. The number of hydrogen-bond donors (Lipinski definition) is 4. The monoisotopic (exact) mass is 360 g/mol. The molecule has 0 heterocycles. The van der Waals surface area contributed by atoms with Crippen molar-refractivity contribution in [3.05, 3.63) is 12.2 Å². The molecule has 0 aromatic heterocycles. The summed E-state index contributed by atoms with van der Waals surface area (Å²) < 4.78 is 0. The molecular weight excluding hydrogens is 316 g/mol. The first-order chi connectivity index (χ1) is 12.2. The van der Waals surface area contributed by atoms with Crippen LogP contribution in [0.2, 0.25) is 0 Å². The van der Waals surface area contributed by atoms with E-state index in [2.05, 4.69) is 19.1 Å². The van der Waals surface area contributed by atoms with Crippen molar-refractivity contribution in [3.8, 4) is 0 Å². The summed E-state index contributed by atoms with van der Waals surface area (Å²) in [4.78, 5) is 0. The van der Waals surface area contributed by atoms with Crippen molar-refractivity contribution in [3.63, 3.8) is 0 Å². The number of hydrogen-bond acceptors (Lipinski definition) is 4. The Morgan fingerprint density at radius 1 is 0.600 bits per heavy atom. The van der Waals surface area contributed by atoms with Gasteiger partial charge >= 0.3 is 0 Å². The highest BCUT2D eigenvalue weighted by Gasteiger charge is 1.94. The molecule has 0 fully saturated rings. The minimum Gasteiger partial charge on any atom is -0.396 e. The molecule has 4 heteroatoms. The van der Waals surface area contributed by atoms with Crippen LogP contribution < -0.4 is 0 Å². The molecule has 0 atom stereocenters. The predicted octanol–water partition coefficient (Wildman–Crippen LogP) is 4.35. The van der Waals surface area contributed by atoms with Crippen LogP contribution in [0.5, 0.6) is 0 Å². The van der Waals surface area contributed by atoms with Gasteiger partial charge < -0.3 is 20.4 Å². The predicted molar refractivity (Wildman–Crippen MR) is 107 cm³/mol. The molecule has 0 saturated heterocycles. The number of rotatable bonds is 17. The van der Waals surface area contributed by atoms with E-state index in [1.54, 1.807) is 0 Å². The van der Waals surface area contributed by atoms with E-state index in [1.165, 1.54) is 83.5 Å². The number of allylic oxidation sites excluding steroid dienone is 2. The van der Waals surface area contributed by atoms with Crippen molar-refractivity contribution in [2.45, 2.75) is 103 Å². The molecule has 0 radical (unpaired) electrons. The van der Waals surface area contributed by atoms with Crippen LogP contribution in [0.4, 0.5) is 0 Å². The average molecular weight is 361 g/mol. The van der Waals surface area contributed by atoms with Crippen LogP contribution in [0.1, 0.15) is 96.8 Å². The summed E-state index contributed by atoms with van der Waals surface area (Å²) in [6.45, 7) is 1.91. The molecule has 4 nitrogen and oxygen atoms in total. The lowest BCUT2D eigenvalue weighted by molar-refractivity contribution is 0.0450. The highest BCUT2D eigenvalue weighted by Crippen LogP contribution is 2.09. The van der Waals surface area contributed by atoms with E-state index in [9.17, 15) is 0 Å². The van der Waals surface area contributed by atoms with Crippen molar-refractivity contribution >= 4 is 0 Å². The molecule has 0 amide bonds. The second-order valence-electron chi connectivity index (χ2n) is 6.68. The third-order valence-corrected chi connectivity index (χ3v) is 4.09. The van der Waals surface area contributed by atoms with Crippen LogP contribution in [-0.2, 0) is 0 Å². The number of unbranched alkanes of at least 4 members (excludes halogenated alkanes) is 12. The van der Waals surface area contributed by atoms with Crippen LogP contribution in [0.15, 0.2) is 12.2 Å². The minimum absolute atomic E-state index is 0.362. The summed E-state index contributed by atoms with van der Waals surface area (Å²) in [7, 11) is 0. The second-order valence-corrected chi connectivity index (χ2v) is 6.68. The molecule has 0 bridgehead atoms. The SMILES string of the molecule is CCCCCCCCC=CCCCCCCCCO.OCC(O)CO. The third kappa shape index (κ3) is 28.6. The fourth-order valence-electron chi connectivity index (χ4n) is 2.42. The van der Waals surface area contributed by atoms with Gasteiger partial charge in [0.15, 0.2) is 0 Å². The molecule has 0 aliphatic rings. The van der Waals surface area contributed by atoms with Gasteiger partial charge in [-0.25, -0.2) is 0 Å². The topological polar surface area (TPSA) is 80.9 Å². The normalized spacial score (nSPS) is 11.1. The fourth-order valence-corrected chi connectivity index (χ4v) is 2.42. The van der Waals surface area contributed by atoms with Crippen molar-refractivity contribution < 1.29 is 20.4 Å². The maximum Gasteiger partial charge on any atom is 0.100 e. The largest absolute Gasteiger partial charge is 0.396 e. The van der Waals surface area contributed by atoms with E-state index >= 15 is 0 Å². The van der Waals surface area contributed by atoms with E-state index in [0.717, 1.165) is 6.42 Å². The molecule has 152 valence electrons. The van der Waals surface area contributed by atoms with Crippen molar-refractivity contribution in [2.75, 3.05) is 19.8 Å². The lowest BCUT2D eigenvalue weighted by Crippen LogP contribution is -2.15. The highest BCUT2D eigenvalue weighted by atomic mass is 16.3. The summed E-state index contributed by atoms with van der Waals surface area (Å²) in [5, 5.41) is 32.7. The molecule has 0 aromatic rings. The van der Waals surface area contributed by atoms with E-state index < -0.39 is 6.10 Å². The maximum absolute atomic E-state index is 8.66. The van der Waals surface area contributed by atoms with E-state index in [4.69, 9.17) is 20.4 Å². The van der Waals surface area contributed by atoms with Gasteiger partial charge in [0.25, 0.3) is 0 Å². The van der Waals surface area contributed by atoms with Gasteiger partial charge in [0, 0.05) is 6.61 Å². The minimum atomic E-state index is -0.954. The Morgan fingerprint density at radius 3 is 1.36 bits per heavy atom. The van der Waals surface area contributed by atoms with Gasteiger partial charge in [0.05, 0.1) is 13.2 Å². The molecule has 0 aliphatic heterocycles. The molecule has 25 heavy (non-hydrogen) atoms. The van der Waals surface area contributed by atoms with E-state index in [-0.39, 0.29) is 13.2 Å². The van der Waals surface area contributed by atoms with Crippen LogP contribution >= 0.6 is 0 Å². The number of aliphatic hydroxyl groups is 4. The van der Waals surface area contributed by atoms with Crippen molar-refractivity contribution in [1.82, 2.24) is 0 Å². The molecule has 0 aliphatic carbocycles. The van der Waals surface area contributed by atoms with E-state index in [1.807, 2.05) is 0 Å². The first-order valence-electron chi connectivity index (χ1n) is 10.4. The Balaban J connectivity index is 0.